The molecule has 0 bridgehead atoms. The summed E-state index contributed by atoms with van der Waals surface area (Å²) in [4.78, 5) is 11.9. The average molecular weight is 562 g/mol. The second kappa shape index (κ2) is 9.65. The van der Waals surface area contributed by atoms with Crippen LogP contribution in [0.15, 0.2) is 73.5 Å². The maximum absolute atomic E-state index is 12.2. The van der Waals surface area contributed by atoms with Crippen molar-refractivity contribution in [2.45, 2.75) is 18.7 Å². The van der Waals surface area contributed by atoms with Crippen molar-refractivity contribution in [1.29, 1.82) is 0 Å². The van der Waals surface area contributed by atoms with Crippen LogP contribution in [0.2, 0.25) is 0 Å². The Morgan fingerprint density at radius 2 is 1.70 bits per heavy atom. The molecule has 0 unspecified atom stereocenters. The third kappa shape index (κ3) is 5.07. The average Bonchev–Trinajstić information content (AvgIpc) is 2.64. The zero-order chi connectivity index (χ0) is 21.5. The van der Waals surface area contributed by atoms with E-state index in [1.54, 1.807) is 50.3 Å². The summed E-state index contributed by atoms with van der Waals surface area (Å²) in [7, 11) is -4.52. The summed E-state index contributed by atoms with van der Waals surface area (Å²) >= 11 is 6.51. The van der Waals surface area contributed by atoms with Crippen molar-refractivity contribution in [3.8, 4) is 5.75 Å². The molecule has 9 heteroatoms. The van der Waals surface area contributed by atoms with Gasteiger partial charge in [0.05, 0.1) is 4.48 Å². The number of carbonyl (C=O) groups excluding carboxylic acids is 1. The predicted molar refractivity (Wildman–Crippen MR) is 116 cm³/mol. The molecule has 0 heterocycles. The standard InChI is InChI=1S/C21H16Br2O5S.Na/c1-11-7-13(9-16(22)20(11)24)19(14-8-12(2)21(25)17(23)10-14)15-5-3-4-6-18(15)29(26,27)28;/h3-10,24H,1-2H3,(H,26,27,28);/q;+1/p-1. The van der Waals surface area contributed by atoms with Gasteiger partial charge in [-0.3, -0.25) is 9.35 Å². The maximum atomic E-state index is 12.2. The van der Waals surface area contributed by atoms with Crippen LogP contribution in [0.3, 0.4) is 0 Å². The molecule has 0 saturated heterocycles. The Hall–Kier alpha value is -1.000. The summed E-state index contributed by atoms with van der Waals surface area (Å²) in [6.07, 6.45) is 3.25. The molecule has 30 heavy (non-hydrogen) atoms. The van der Waals surface area contributed by atoms with E-state index in [0.717, 1.165) is 0 Å². The minimum Gasteiger partial charge on any atom is -0.872 e. The van der Waals surface area contributed by atoms with Crippen molar-refractivity contribution in [3.05, 3.63) is 85.3 Å². The summed E-state index contributed by atoms with van der Waals surface area (Å²) < 4.78 is 34.4. The van der Waals surface area contributed by atoms with E-state index in [1.165, 1.54) is 12.1 Å². The van der Waals surface area contributed by atoms with Crippen molar-refractivity contribution in [1.82, 2.24) is 0 Å². The van der Waals surface area contributed by atoms with E-state index in [4.69, 9.17) is 0 Å². The fourth-order valence-electron chi connectivity index (χ4n) is 3.13. The van der Waals surface area contributed by atoms with Gasteiger partial charge in [0.25, 0.3) is 10.1 Å². The maximum Gasteiger partial charge on any atom is 1.00 e. The van der Waals surface area contributed by atoms with Crippen LogP contribution in [0.25, 0.3) is 5.57 Å². The van der Waals surface area contributed by atoms with E-state index in [-0.39, 0.29) is 51.5 Å². The number of hydrogen-bond donors (Lipinski definition) is 1. The van der Waals surface area contributed by atoms with Crippen molar-refractivity contribution < 1.29 is 52.4 Å². The Bertz CT molecular complexity index is 1200. The number of carbonyl (C=O) groups is 1. The summed E-state index contributed by atoms with van der Waals surface area (Å²) in [5.74, 6) is -0.355. The zero-order valence-electron chi connectivity index (χ0n) is 16.4. The number of hydrogen-bond acceptors (Lipinski definition) is 4. The zero-order valence-corrected chi connectivity index (χ0v) is 22.4. The van der Waals surface area contributed by atoms with E-state index in [9.17, 15) is 22.9 Å². The second-order valence-electron chi connectivity index (χ2n) is 6.55. The molecule has 0 radical (unpaired) electrons. The van der Waals surface area contributed by atoms with Crippen molar-refractivity contribution in [3.63, 3.8) is 0 Å². The molecule has 0 amide bonds. The van der Waals surface area contributed by atoms with E-state index in [2.05, 4.69) is 31.9 Å². The topological polar surface area (TPSA) is 94.5 Å². The molecule has 1 aliphatic rings. The quantitative estimate of drug-likeness (QED) is 0.455. The number of rotatable bonds is 3. The first-order valence-electron chi connectivity index (χ1n) is 8.39. The van der Waals surface area contributed by atoms with Crippen LogP contribution in [-0.2, 0) is 14.9 Å². The molecule has 1 aliphatic carbocycles. The molecule has 150 valence electrons. The first-order chi connectivity index (χ1) is 13.5. The minimum absolute atomic E-state index is 0. The molecule has 2 aromatic rings. The molecule has 0 spiro atoms. The first-order valence-corrected chi connectivity index (χ1v) is 11.4. The van der Waals surface area contributed by atoms with Crippen LogP contribution in [0.5, 0.6) is 5.75 Å². The van der Waals surface area contributed by atoms with Gasteiger partial charge in [-0.15, -0.1) is 0 Å². The number of allylic oxidation sites excluding steroid dienone is 5. The van der Waals surface area contributed by atoms with Gasteiger partial charge in [0.1, 0.15) is 4.90 Å². The molecule has 0 fully saturated rings. The number of Topliss-reactive ketones (excluding diaryl/α,β-unsaturated/α-hetero) is 1. The van der Waals surface area contributed by atoms with Crippen LogP contribution in [0.1, 0.15) is 23.6 Å². The van der Waals surface area contributed by atoms with E-state index < -0.39 is 10.1 Å². The Kier molecular flexibility index (Phi) is 8.12. The van der Waals surface area contributed by atoms with Gasteiger partial charge in [0.2, 0.25) is 0 Å². The van der Waals surface area contributed by atoms with E-state index in [1.807, 2.05) is 0 Å². The van der Waals surface area contributed by atoms with Gasteiger partial charge in [0.15, 0.2) is 5.78 Å². The fraction of sp³-hybridized carbons (Fsp3) is 0.0952. The Morgan fingerprint density at radius 3 is 2.27 bits per heavy atom. The Labute approximate surface area is 213 Å². The summed E-state index contributed by atoms with van der Waals surface area (Å²) in [5, 5.41) is 12.2. The van der Waals surface area contributed by atoms with E-state index in [0.29, 0.717) is 36.8 Å². The van der Waals surface area contributed by atoms with Crippen LogP contribution >= 0.6 is 31.9 Å². The SMILES string of the molecule is CC1=CC(=C(c2cc(C)c([O-])c(Br)c2)c2ccccc2S(=O)(=O)O)C=C(Br)C1=O.[Na+]. The molecule has 0 aliphatic heterocycles. The molecule has 0 aromatic heterocycles. The van der Waals surface area contributed by atoms with Gasteiger partial charge in [-0.1, -0.05) is 51.5 Å². The molecule has 0 saturated carbocycles. The molecule has 3 rings (SSSR count). The van der Waals surface area contributed by atoms with E-state index >= 15 is 0 Å². The molecule has 5 nitrogen and oxygen atoms in total. The number of benzene rings is 2. The van der Waals surface area contributed by atoms with Gasteiger partial charge in [-0.05, 0) is 76.3 Å². The molecular weight excluding hydrogens is 547 g/mol. The molecule has 0 atom stereocenters. The van der Waals surface area contributed by atoms with Gasteiger partial charge in [-0.2, -0.15) is 8.42 Å². The Morgan fingerprint density at radius 1 is 1.07 bits per heavy atom. The summed E-state index contributed by atoms with van der Waals surface area (Å²) in [6, 6.07) is 9.28. The molecular formula is C21H15Br2NaO5S. The number of halogens is 2. The van der Waals surface area contributed by atoms with Crippen LogP contribution in [-0.4, -0.2) is 18.8 Å². The van der Waals surface area contributed by atoms with Crippen LogP contribution < -0.4 is 34.7 Å². The van der Waals surface area contributed by atoms with Gasteiger partial charge >= 0.3 is 29.6 Å². The van der Waals surface area contributed by atoms with Crippen molar-refractivity contribution in [2.24, 2.45) is 0 Å². The van der Waals surface area contributed by atoms with Gasteiger partial charge < -0.3 is 5.11 Å². The smallest absolute Gasteiger partial charge is 0.872 e. The Balaban J connectivity index is 0.00000320. The summed E-state index contributed by atoms with van der Waals surface area (Å²) in [6.45, 7) is 3.32. The molecule has 1 N–H and O–H groups in total. The third-order valence-corrected chi connectivity index (χ3v) is 6.56. The second-order valence-corrected chi connectivity index (χ2v) is 9.65. The predicted octanol–water partition coefficient (Wildman–Crippen LogP) is 1.69. The monoisotopic (exact) mass is 560 g/mol. The van der Waals surface area contributed by atoms with Crippen molar-refractivity contribution in [2.75, 3.05) is 0 Å². The normalized spacial score (nSPS) is 15.8. The van der Waals surface area contributed by atoms with Gasteiger partial charge in [-0.25, -0.2) is 0 Å². The third-order valence-electron chi connectivity index (χ3n) is 4.47. The first kappa shape index (κ1) is 25.3. The number of ketones is 1. The van der Waals surface area contributed by atoms with Gasteiger partial charge in [0, 0.05) is 10.0 Å². The van der Waals surface area contributed by atoms with Crippen LogP contribution in [0.4, 0.5) is 0 Å². The largest absolute Gasteiger partial charge is 1.00 e. The number of aryl methyl sites for hydroxylation is 1. The van der Waals surface area contributed by atoms with Crippen molar-refractivity contribution >= 4 is 53.3 Å². The summed E-state index contributed by atoms with van der Waals surface area (Å²) in [5.41, 5.74) is 2.78. The molecule has 2 aromatic carbocycles. The fourth-order valence-corrected chi connectivity index (χ4v) is 4.94. The minimum atomic E-state index is -4.52. The van der Waals surface area contributed by atoms with Crippen LogP contribution in [0, 0.1) is 6.92 Å².